The number of carbonyl (C=O) groups excluding carboxylic acids is 2. The Bertz CT molecular complexity index is 1150. The second-order valence-electron chi connectivity index (χ2n) is 18.2. The zero-order valence-corrected chi connectivity index (χ0v) is 40.3. The first-order valence-electron chi connectivity index (χ1n) is 25.6. The zero-order valence-electron chi connectivity index (χ0n) is 39.5. The summed E-state index contributed by atoms with van der Waals surface area (Å²) in [6.45, 7) is 3.81. The first-order chi connectivity index (χ1) is 30.0. The van der Waals surface area contributed by atoms with Crippen LogP contribution in [-0.4, -0.2) is 96.0 Å². The SMILES string of the molecule is CCCCCCCCCCCCCCCCCCCC(=O)OC[C@H](CO[C@H]1O[C@H](CS(=O)(=O)O)[C@@H](O)C(O)C1O)OC(=O)CCCCCCCCCCCCCCCCCCC. The van der Waals surface area contributed by atoms with E-state index in [-0.39, 0.29) is 19.4 Å². The Labute approximate surface area is 378 Å². The summed E-state index contributed by atoms with van der Waals surface area (Å²) < 4.78 is 54.2. The van der Waals surface area contributed by atoms with Gasteiger partial charge in [0, 0.05) is 12.8 Å². The summed E-state index contributed by atoms with van der Waals surface area (Å²) in [7, 11) is -4.60. The first-order valence-corrected chi connectivity index (χ1v) is 27.2. The highest BCUT2D eigenvalue weighted by molar-refractivity contribution is 7.85. The lowest BCUT2D eigenvalue weighted by molar-refractivity contribution is -0.297. The third-order valence-electron chi connectivity index (χ3n) is 12.2. The van der Waals surface area contributed by atoms with Crippen LogP contribution in [0.4, 0.5) is 0 Å². The van der Waals surface area contributed by atoms with Crippen molar-refractivity contribution in [2.24, 2.45) is 0 Å². The summed E-state index contributed by atoms with van der Waals surface area (Å²) in [5, 5.41) is 31.0. The van der Waals surface area contributed by atoms with E-state index in [1.807, 2.05) is 0 Å². The molecule has 4 N–H and O–H groups in total. The molecule has 1 aliphatic heterocycles. The minimum Gasteiger partial charge on any atom is -0.462 e. The molecule has 1 heterocycles. The molecule has 0 saturated carbocycles. The predicted molar refractivity (Wildman–Crippen MR) is 247 cm³/mol. The minimum atomic E-state index is -4.60. The molecule has 368 valence electrons. The van der Waals surface area contributed by atoms with Crippen LogP contribution in [0.25, 0.3) is 0 Å². The fraction of sp³-hybridized carbons (Fsp3) is 0.959. The summed E-state index contributed by atoms with van der Waals surface area (Å²) in [6.07, 6.45) is 32.8. The van der Waals surface area contributed by atoms with Crippen molar-refractivity contribution in [1.82, 2.24) is 0 Å². The quantitative estimate of drug-likeness (QED) is 0.0258. The number of hydrogen-bond donors (Lipinski definition) is 4. The van der Waals surface area contributed by atoms with Crippen molar-refractivity contribution in [3.05, 3.63) is 0 Å². The van der Waals surface area contributed by atoms with E-state index >= 15 is 0 Å². The number of aliphatic hydroxyl groups is 3. The second kappa shape index (κ2) is 40.0. The van der Waals surface area contributed by atoms with Crippen LogP contribution in [0.3, 0.4) is 0 Å². The molecule has 1 rings (SSSR count). The van der Waals surface area contributed by atoms with E-state index in [0.717, 1.165) is 38.5 Å². The normalized spacial score (nSPS) is 19.7. The van der Waals surface area contributed by atoms with Crippen molar-refractivity contribution in [3.8, 4) is 0 Å². The molecule has 6 atom stereocenters. The van der Waals surface area contributed by atoms with Crippen LogP contribution in [0, 0.1) is 0 Å². The van der Waals surface area contributed by atoms with Crippen LogP contribution in [-0.2, 0) is 38.7 Å². The lowest BCUT2D eigenvalue weighted by Gasteiger charge is -2.40. The maximum atomic E-state index is 12.9. The average Bonchev–Trinajstić information content (AvgIpc) is 3.24. The summed E-state index contributed by atoms with van der Waals surface area (Å²) in [5.41, 5.74) is 0. The van der Waals surface area contributed by atoms with E-state index < -0.39 is 71.2 Å². The third-order valence-corrected chi connectivity index (χ3v) is 12.9. The molecule has 12 nitrogen and oxygen atoms in total. The van der Waals surface area contributed by atoms with Gasteiger partial charge in [-0.3, -0.25) is 14.1 Å². The number of hydrogen-bond acceptors (Lipinski definition) is 11. The van der Waals surface area contributed by atoms with Crippen LogP contribution in [0.1, 0.15) is 245 Å². The highest BCUT2D eigenvalue weighted by Gasteiger charge is 2.46. The van der Waals surface area contributed by atoms with Gasteiger partial charge in [-0.2, -0.15) is 8.42 Å². The largest absolute Gasteiger partial charge is 0.462 e. The Kier molecular flexibility index (Phi) is 37.8. The number of ether oxygens (including phenoxy) is 4. The first kappa shape index (κ1) is 58.7. The molecule has 1 saturated heterocycles. The number of carbonyl (C=O) groups is 2. The van der Waals surface area contributed by atoms with Gasteiger partial charge in [0.1, 0.15) is 36.8 Å². The molecule has 13 heteroatoms. The molecule has 0 amide bonds. The van der Waals surface area contributed by atoms with Crippen LogP contribution in [0.15, 0.2) is 0 Å². The van der Waals surface area contributed by atoms with Crippen molar-refractivity contribution < 1.29 is 56.8 Å². The minimum absolute atomic E-state index is 0.173. The molecule has 0 aromatic carbocycles. The van der Waals surface area contributed by atoms with Gasteiger partial charge >= 0.3 is 11.9 Å². The van der Waals surface area contributed by atoms with Gasteiger partial charge in [-0.15, -0.1) is 0 Å². The Hall–Kier alpha value is -1.35. The summed E-state index contributed by atoms with van der Waals surface area (Å²) in [6, 6.07) is 0. The zero-order chi connectivity index (χ0) is 45.5. The van der Waals surface area contributed by atoms with Crippen molar-refractivity contribution in [3.63, 3.8) is 0 Å². The Morgan fingerprint density at radius 3 is 1.18 bits per heavy atom. The molecule has 0 aromatic heterocycles. The third kappa shape index (κ3) is 34.1. The van der Waals surface area contributed by atoms with E-state index in [4.69, 9.17) is 18.9 Å². The van der Waals surface area contributed by atoms with Crippen molar-refractivity contribution >= 4 is 22.1 Å². The molecule has 1 fully saturated rings. The maximum absolute atomic E-state index is 12.9. The van der Waals surface area contributed by atoms with Gasteiger partial charge in [-0.25, -0.2) is 0 Å². The molecule has 2 unspecified atom stereocenters. The number of unbranched alkanes of at least 4 members (excludes halogenated alkanes) is 32. The summed E-state index contributed by atoms with van der Waals surface area (Å²) in [4.78, 5) is 25.5. The van der Waals surface area contributed by atoms with Gasteiger partial charge in [0.25, 0.3) is 10.1 Å². The molecule has 0 bridgehead atoms. The molecular formula is C49H94O12S. The predicted octanol–water partition coefficient (Wildman–Crippen LogP) is 11.2. The van der Waals surface area contributed by atoms with Gasteiger partial charge in [0.2, 0.25) is 0 Å². The monoisotopic (exact) mass is 907 g/mol. The van der Waals surface area contributed by atoms with Crippen molar-refractivity contribution in [2.75, 3.05) is 19.0 Å². The van der Waals surface area contributed by atoms with E-state index in [1.165, 1.54) is 167 Å². The van der Waals surface area contributed by atoms with Crippen molar-refractivity contribution in [2.45, 2.75) is 282 Å². The molecule has 62 heavy (non-hydrogen) atoms. The molecule has 0 spiro atoms. The van der Waals surface area contributed by atoms with Gasteiger partial charge in [0.15, 0.2) is 12.4 Å². The van der Waals surface area contributed by atoms with E-state index in [1.54, 1.807) is 0 Å². The van der Waals surface area contributed by atoms with Crippen LogP contribution in [0.5, 0.6) is 0 Å². The van der Waals surface area contributed by atoms with E-state index in [2.05, 4.69) is 13.8 Å². The fourth-order valence-electron chi connectivity index (χ4n) is 8.21. The maximum Gasteiger partial charge on any atom is 0.306 e. The highest BCUT2D eigenvalue weighted by atomic mass is 32.2. The lowest BCUT2D eigenvalue weighted by Crippen LogP contribution is -2.60. The Morgan fingerprint density at radius 2 is 0.823 bits per heavy atom. The average molecular weight is 907 g/mol. The molecule has 0 aromatic rings. The number of esters is 2. The Morgan fingerprint density at radius 1 is 0.484 bits per heavy atom. The lowest BCUT2D eigenvalue weighted by atomic mass is 10.00. The highest BCUT2D eigenvalue weighted by Crippen LogP contribution is 2.24. The summed E-state index contributed by atoms with van der Waals surface area (Å²) >= 11 is 0. The van der Waals surface area contributed by atoms with Crippen LogP contribution >= 0.6 is 0 Å². The molecule has 0 aliphatic carbocycles. The van der Waals surface area contributed by atoms with Crippen LogP contribution in [0.2, 0.25) is 0 Å². The van der Waals surface area contributed by atoms with E-state index in [0.29, 0.717) is 12.8 Å². The topological polar surface area (TPSA) is 186 Å². The smallest absolute Gasteiger partial charge is 0.306 e. The van der Waals surface area contributed by atoms with Crippen LogP contribution < -0.4 is 0 Å². The Balaban J connectivity index is 2.36. The van der Waals surface area contributed by atoms with E-state index in [9.17, 15) is 37.9 Å². The van der Waals surface area contributed by atoms with Gasteiger partial charge < -0.3 is 34.3 Å². The number of rotatable bonds is 44. The summed E-state index contributed by atoms with van der Waals surface area (Å²) in [5.74, 6) is -1.96. The van der Waals surface area contributed by atoms with Gasteiger partial charge in [0.05, 0.1) is 6.61 Å². The second-order valence-corrected chi connectivity index (χ2v) is 19.7. The molecule has 0 radical (unpaired) electrons. The molecule has 1 aliphatic rings. The van der Waals surface area contributed by atoms with Crippen molar-refractivity contribution in [1.29, 1.82) is 0 Å². The molecular weight excluding hydrogens is 813 g/mol. The standard InChI is InChI=1S/C49H94O12S/c1-3-5-7-9-11-13-15-17-19-21-23-25-27-29-31-33-35-37-44(50)58-39-42(40-59-49-48(54)47(53)46(52)43(61-49)41-62(55,56)57)60-45(51)38-36-34-32-30-28-26-24-22-20-18-16-14-12-10-8-6-4-2/h42-43,46-49,52-54H,3-41H2,1-2H3,(H,55,56,57)/t42-,43-,46-,47?,48?,49+/m1/s1. The number of aliphatic hydroxyl groups excluding tert-OH is 3. The fourth-order valence-corrected chi connectivity index (χ4v) is 8.90. The van der Waals surface area contributed by atoms with Gasteiger partial charge in [-0.05, 0) is 12.8 Å². The van der Waals surface area contributed by atoms with Gasteiger partial charge in [-0.1, -0.05) is 219 Å².